The third-order valence-corrected chi connectivity index (χ3v) is 4.25. The summed E-state index contributed by atoms with van der Waals surface area (Å²) < 4.78 is 5.13. The summed E-state index contributed by atoms with van der Waals surface area (Å²) in [7, 11) is 2.03. The fraction of sp³-hybridized carbons (Fsp3) is 0.556. The van der Waals surface area contributed by atoms with Crippen LogP contribution in [0.1, 0.15) is 38.8 Å². The van der Waals surface area contributed by atoms with Gasteiger partial charge in [0.15, 0.2) is 0 Å². The monoisotopic (exact) mass is 367 g/mol. The summed E-state index contributed by atoms with van der Waals surface area (Å²) in [6.45, 7) is 6.10. The Kier molecular flexibility index (Phi) is 6.30. The van der Waals surface area contributed by atoms with Gasteiger partial charge in [-0.05, 0) is 51.9 Å². The Hall–Kier alpha value is -1.79. The van der Waals surface area contributed by atoms with E-state index in [1.807, 2.05) is 31.3 Å². The van der Waals surface area contributed by atoms with Gasteiger partial charge in [-0.1, -0.05) is 23.7 Å². The van der Waals surface area contributed by atoms with Crippen molar-refractivity contribution in [3.63, 3.8) is 0 Å². The zero-order valence-corrected chi connectivity index (χ0v) is 15.9. The molecule has 6 nitrogen and oxygen atoms in total. The van der Waals surface area contributed by atoms with Gasteiger partial charge in [0.05, 0.1) is 6.04 Å². The van der Waals surface area contributed by atoms with E-state index in [2.05, 4.69) is 15.5 Å². The lowest BCUT2D eigenvalue weighted by Crippen LogP contribution is -2.45. The minimum atomic E-state index is -0.597. The van der Waals surface area contributed by atoms with Crippen LogP contribution in [-0.4, -0.2) is 48.7 Å². The molecule has 2 N–H and O–H groups in total. The Bertz CT molecular complexity index is 613. The lowest BCUT2D eigenvalue weighted by atomic mass is 10.0. The average Bonchev–Trinajstić information content (AvgIpc) is 2.85. The highest BCUT2D eigenvalue weighted by Crippen LogP contribution is 2.31. The van der Waals surface area contributed by atoms with E-state index in [-0.39, 0.29) is 24.5 Å². The molecule has 1 fully saturated rings. The number of amides is 2. The molecule has 0 bridgehead atoms. The second kappa shape index (κ2) is 8.06. The van der Waals surface area contributed by atoms with Crippen LogP contribution in [0.3, 0.4) is 0 Å². The number of nitrogens with zero attached hydrogens (tertiary/aromatic N) is 1. The van der Waals surface area contributed by atoms with Crippen molar-refractivity contribution in [2.45, 2.75) is 44.9 Å². The highest BCUT2D eigenvalue weighted by molar-refractivity contribution is 6.30. The molecule has 2 amide bonds. The Morgan fingerprint density at radius 2 is 1.92 bits per heavy atom. The van der Waals surface area contributed by atoms with Gasteiger partial charge in [-0.25, -0.2) is 4.79 Å². The predicted molar refractivity (Wildman–Crippen MR) is 97.6 cm³/mol. The minimum Gasteiger partial charge on any atom is -0.444 e. The van der Waals surface area contributed by atoms with E-state index in [1.54, 1.807) is 20.8 Å². The summed E-state index contributed by atoms with van der Waals surface area (Å²) >= 11 is 5.96. The van der Waals surface area contributed by atoms with E-state index in [9.17, 15) is 9.59 Å². The molecule has 0 aliphatic carbocycles. The van der Waals surface area contributed by atoms with Gasteiger partial charge in [0.2, 0.25) is 5.91 Å². The van der Waals surface area contributed by atoms with E-state index in [0.29, 0.717) is 5.02 Å². The fourth-order valence-electron chi connectivity index (χ4n) is 2.97. The highest BCUT2D eigenvalue weighted by atomic mass is 35.5. The van der Waals surface area contributed by atoms with Crippen LogP contribution in [-0.2, 0) is 9.53 Å². The summed E-state index contributed by atoms with van der Waals surface area (Å²) in [5.41, 5.74) is 0.517. The average molecular weight is 368 g/mol. The maximum Gasteiger partial charge on any atom is 0.408 e. The number of alkyl carbamates (subject to hydrolysis) is 1. The molecule has 1 saturated heterocycles. The van der Waals surface area contributed by atoms with Crippen LogP contribution < -0.4 is 10.6 Å². The number of carbonyl (C=O) groups excluding carboxylic acids is 2. The van der Waals surface area contributed by atoms with Gasteiger partial charge in [-0.2, -0.15) is 0 Å². The number of hydrogen-bond donors (Lipinski definition) is 2. The van der Waals surface area contributed by atoms with E-state index in [1.165, 1.54) is 0 Å². The molecular formula is C18H26ClN3O3. The summed E-state index contributed by atoms with van der Waals surface area (Å²) in [6.07, 6.45) is 0.252. The molecule has 1 aromatic rings. The zero-order chi connectivity index (χ0) is 18.6. The van der Waals surface area contributed by atoms with Crippen LogP contribution >= 0.6 is 11.6 Å². The molecule has 138 valence electrons. The molecule has 1 aliphatic rings. The van der Waals surface area contributed by atoms with E-state index < -0.39 is 11.7 Å². The standard InChI is InChI=1S/C18H26ClN3O3/c1-18(2,3)25-17(24)20-11-15(23)21-14-9-10-22(4)16(14)12-5-7-13(19)8-6-12/h5-8,14,16H,9-11H2,1-4H3,(H,20,24)(H,21,23)/t14-,16-/m0/s1. The summed E-state index contributed by atoms with van der Waals surface area (Å²) in [4.78, 5) is 26.0. The number of ether oxygens (including phenoxy) is 1. The topological polar surface area (TPSA) is 70.7 Å². The van der Waals surface area contributed by atoms with Crippen molar-refractivity contribution in [3.8, 4) is 0 Å². The van der Waals surface area contributed by atoms with Crippen LogP contribution in [0.4, 0.5) is 4.79 Å². The SMILES string of the molecule is CN1CC[C@H](NC(=O)CNC(=O)OC(C)(C)C)[C@@H]1c1ccc(Cl)cc1. The van der Waals surface area contributed by atoms with E-state index >= 15 is 0 Å². The second-order valence-corrected chi connectivity index (χ2v) is 7.73. The molecule has 1 aliphatic heterocycles. The van der Waals surface area contributed by atoms with Gasteiger partial charge in [0, 0.05) is 17.6 Å². The number of rotatable bonds is 4. The maximum atomic E-state index is 12.2. The van der Waals surface area contributed by atoms with E-state index in [0.717, 1.165) is 18.5 Å². The Morgan fingerprint density at radius 1 is 1.28 bits per heavy atom. The molecule has 1 aromatic carbocycles. The van der Waals surface area contributed by atoms with Gasteiger partial charge in [-0.15, -0.1) is 0 Å². The van der Waals surface area contributed by atoms with Gasteiger partial charge >= 0.3 is 6.09 Å². The van der Waals surface area contributed by atoms with Crippen molar-refractivity contribution < 1.29 is 14.3 Å². The molecular weight excluding hydrogens is 342 g/mol. The van der Waals surface area contributed by atoms with Gasteiger partial charge in [0.1, 0.15) is 12.1 Å². The number of likely N-dealkylation sites (N-methyl/N-ethyl adjacent to an activating group) is 1. The van der Waals surface area contributed by atoms with Gasteiger partial charge in [0.25, 0.3) is 0 Å². The molecule has 7 heteroatoms. The van der Waals surface area contributed by atoms with Gasteiger partial charge < -0.3 is 15.4 Å². The van der Waals surface area contributed by atoms with E-state index in [4.69, 9.17) is 16.3 Å². The third kappa shape index (κ3) is 5.90. The van der Waals surface area contributed by atoms with Crippen molar-refractivity contribution in [1.29, 1.82) is 0 Å². The smallest absolute Gasteiger partial charge is 0.408 e. The number of hydrogen-bond acceptors (Lipinski definition) is 4. The first-order valence-corrected chi connectivity index (χ1v) is 8.75. The van der Waals surface area contributed by atoms with Crippen LogP contribution in [0.25, 0.3) is 0 Å². The van der Waals surface area contributed by atoms with Crippen molar-refractivity contribution >= 4 is 23.6 Å². The highest BCUT2D eigenvalue weighted by Gasteiger charge is 2.34. The molecule has 0 radical (unpaired) electrons. The summed E-state index contributed by atoms with van der Waals surface area (Å²) in [6, 6.07) is 7.74. The maximum absolute atomic E-state index is 12.2. The Morgan fingerprint density at radius 3 is 2.52 bits per heavy atom. The zero-order valence-electron chi connectivity index (χ0n) is 15.1. The molecule has 0 aromatic heterocycles. The fourth-order valence-corrected chi connectivity index (χ4v) is 3.10. The third-order valence-electron chi connectivity index (χ3n) is 4.00. The van der Waals surface area contributed by atoms with Crippen LogP contribution in [0, 0.1) is 0 Å². The lowest BCUT2D eigenvalue weighted by molar-refractivity contribution is -0.121. The molecule has 1 heterocycles. The lowest BCUT2D eigenvalue weighted by Gasteiger charge is -2.26. The van der Waals surface area contributed by atoms with Crippen molar-refractivity contribution in [2.24, 2.45) is 0 Å². The summed E-state index contributed by atoms with van der Waals surface area (Å²) in [5, 5.41) is 6.18. The Balaban J connectivity index is 1.90. The molecule has 0 saturated carbocycles. The number of benzene rings is 1. The first-order chi connectivity index (χ1) is 11.7. The molecule has 25 heavy (non-hydrogen) atoms. The number of nitrogens with one attached hydrogen (secondary N) is 2. The number of halogens is 1. The van der Waals surface area contributed by atoms with Crippen LogP contribution in [0.2, 0.25) is 5.02 Å². The number of carbonyl (C=O) groups is 2. The minimum absolute atomic E-state index is 0.0147. The van der Waals surface area contributed by atoms with Crippen molar-refractivity contribution in [3.05, 3.63) is 34.9 Å². The molecule has 2 rings (SSSR count). The van der Waals surface area contributed by atoms with Crippen LogP contribution in [0.15, 0.2) is 24.3 Å². The number of likely N-dealkylation sites (tertiary alicyclic amines) is 1. The van der Waals surface area contributed by atoms with Crippen molar-refractivity contribution in [2.75, 3.05) is 20.1 Å². The van der Waals surface area contributed by atoms with Crippen molar-refractivity contribution in [1.82, 2.24) is 15.5 Å². The summed E-state index contributed by atoms with van der Waals surface area (Å²) in [5.74, 6) is -0.231. The quantitative estimate of drug-likeness (QED) is 0.858. The largest absolute Gasteiger partial charge is 0.444 e. The van der Waals surface area contributed by atoms with Crippen LogP contribution in [0.5, 0.6) is 0 Å². The normalized spacial score (nSPS) is 21.0. The first kappa shape index (κ1) is 19.5. The molecule has 0 unspecified atom stereocenters. The first-order valence-electron chi connectivity index (χ1n) is 8.37. The Labute approximate surface area is 153 Å². The predicted octanol–water partition coefficient (Wildman–Crippen LogP) is 2.73. The molecule has 2 atom stereocenters. The second-order valence-electron chi connectivity index (χ2n) is 7.30. The molecule has 0 spiro atoms. The van der Waals surface area contributed by atoms with Gasteiger partial charge in [-0.3, -0.25) is 9.69 Å².